The first-order chi connectivity index (χ1) is 8.91. The van der Waals surface area contributed by atoms with Gasteiger partial charge in [0.05, 0.1) is 0 Å². The van der Waals surface area contributed by atoms with Crippen LogP contribution < -0.4 is 5.32 Å². The highest BCUT2D eigenvalue weighted by Crippen LogP contribution is 2.39. The third-order valence-electron chi connectivity index (χ3n) is 5.18. The van der Waals surface area contributed by atoms with E-state index in [0.29, 0.717) is 6.42 Å². The van der Waals surface area contributed by atoms with Crippen LogP contribution in [-0.2, 0) is 9.59 Å². The number of carbonyl (C=O) groups is 2. The van der Waals surface area contributed by atoms with Crippen LogP contribution in [0.4, 0.5) is 0 Å². The van der Waals surface area contributed by atoms with Crippen molar-refractivity contribution in [2.24, 2.45) is 0 Å². The summed E-state index contributed by atoms with van der Waals surface area (Å²) in [4.78, 5) is 27.4. The fourth-order valence-electron chi connectivity index (χ4n) is 3.49. The van der Waals surface area contributed by atoms with Gasteiger partial charge in [-0.15, -0.1) is 0 Å². The molecule has 2 amide bonds. The summed E-state index contributed by atoms with van der Waals surface area (Å²) >= 11 is 0. The first-order valence-corrected chi connectivity index (χ1v) is 7.57. The minimum Gasteiger partial charge on any atom is -0.340 e. The van der Waals surface area contributed by atoms with Crippen molar-refractivity contribution in [3.63, 3.8) is 0 Å². The Balaban J connectivity index is 2.42. The molecule has 1 N–H and O–H groups in total. The molecule has 2 rings (SSSR count). The Morgan fingerprint density at radius 2 is 1.84 bits per heavy atom. The summed E-state index contributed by atoms with van der Waals surface area (Å²) in [5, 5.41) is 3.06. The number of hydrogen-bond donors (Lipinski definition) is 1. The lowest BCUT2D eigenvalue weighted by Gasteiger charge is -2.52. The highest BCUT2D eigenvalue weighted by atomic mass is 16.2. The molecule has 1 saturated carbocycles. The third-order valence-corrected chi connectivity index (χ3v) is 5.18. The van der Waals surface area contributed by atoms with Crippen LogP contribution >= 0.6 is 0 Å². The van der Waals surface area contributed by atoms with E-state index in [1.807, 2.05) is 25.7 Å². The molecular formula is C15H26N2O2. The maximum atomic E-state index is 13.0. The number of carbonyl (C=O) groups excluding carboxylic acids is 2. The Morgan fingerprint density at radius 1 is 1.26 bits per heavy atom. The van der Waals surface area contributed by atoms with Gasteiger partial charge in [0.15, 0.2) is 0 Å². The second-order valence-corrected chi connectivity index (χ2v) is 6.30. The Kier molecular flexibility index (Phi) is 3.63. The molecule has 1 aliphatic carbocycles. The van der Waals surface area contributed by atoms with Crippen molar-refractivity contribution >= 4 is 11.8 Å². The van der Waals surface area contributed by atoms with Crippen molar-refractivity contribution in [1.29, 1.82) is 0 Å². The number of nitrogens with zero attached hydrogens (tertiary/aromatic N) is 1. The van der Waals surface area contributed by atoms with Crippen molar-refractivity contribution in [2.75, 3.05) is 0 Å². The van der Waals surface area contributed by atoms with Gasteiger partial charge >= 0.3 is 0 Å². The topological polar surface area (TPSA) is 49.4 Å². The lowest BCUT2D eigenvalue weighted by molar-refractivity contribution is -0.165. The summed E-state index contributed by atoms with van der Waals surface area (Å²) in [5.74, 6) is 0.167. The molecule has 2 atom stereocenters. The summed E-state index contributed by atoms with van der Waals surface area (Å²) in [5.41, 5.74) is -1.30. The largest absolute Gasteiger partial charge is 0.340 e. The van der Waals surface area contributed by atoms with E-state index in [4.69, 9.17) is 0 Å². The van der Waals surface area contributed by atoms with Gasteiger partial charge < -0.3 is 10.2 Å². The molecule has 2 unspecified atom stereocenters. The summed E-state index contributed by atoms with van der Waals surface area (Å²) < 4.78 is 0. The van der Waals surface area contributed by atoms with Crippen LogP contribution in [0.1, 0.15) is 66.2 Å². The Hall–Kier alpha value is -1.06. The summed E-state index contributed by atoms with van der Waals surface area (Å²) in [6.45, 7) is 8.00. The van der Waals surface area contributed by atoms with Crippen LogP contribution in [0.5, 0.6) is 0 Å². The van der Waals surface area contributed by atoms with Crippen molar-refractivity contribution in [3.8, 4) is 0 Å². The van der Waals surface area contributed by atoms with E-state index in [1.54, 1.807) is 0 Å². The maximum absolute atomic E-state index is 13.0. The minimum atomic E-state index is -0.694. The Bertz CT molecular complexity index is 388. The molecule has 0 aromatic rings. The number of hydrogen-bond acceptors (Lipinski definition) is 2. The smallest absolute Gasteiger partial charge is 0.249 e. The molecule has 19 heavy (non-hydrogen) atoms. The van der Waals surface area contributed by atoms with E-state index < -0.39 is 11.1 Å². The predicted octanol–water partition coefficient (Wildman–Crippen LogP) is 2.22. The number of rotatable bonds is 3. The second kappa shape index (κ2) is 4.80. The van der Waals surface area contributed by atoms with Gasteiger partial charge in [-0.05, 0) is 39.5 Å². The molecule has 4 nitrogen and oxygen atoms in total. The minimum absolute atomic E-state index is 0.0248. The fraction of sp³-hybridized carbons (Fsp3) is 0.867. The van der Waals surface area contributed by atoms with E-state index in [1.165, 1.54) is 0 Å². The number of nitrogens with one attached hydrogen (secondary N) is 1. The molecule has 2 fully saturated rings. The molecule has 0 aromatic heterocycles. The predicted molar refractivity (Wildman–Crippen MR) is 74.6 cm³/mol. The van der Waals surface area contributed by atoms with Crippen LogP contribution in [0.2, 0.25) is 0 Å². The highest BCUT2D eigenvalue weighted by Gasteiger charge is 2.57. The molecule has 0 radical (unpaired) electrons. The zero-order valence-corrected chi connectivity index (χ0v) is 12.6. The number of amides is 2. The van der Waals surface area contributed by atoms with Crippen LogP contribution in [0, 0.1) is 0 Å². The maximum Gasteiger partial charge on any atom is 0.249 e. The van der Waals surface area contributed by atoms with E-state index in [2.05, 4.69) is 12.2 Å². The summed E-state index contributed by atoms with van der Waals surface area (Å²) in [6, 6.07) is 0.112. The van der Waals surface area contributed by atoms with E-state index >= 15 is 0 Å². The van der Waals surface area contributed by atoms with Crippen molar-refractivity contribution in [2.45, 2.75) is 83.3 Å². The van der Waals surface area contributed by atoms with Crippen LogP contribution in [0.25, 0.3) is 0 Å². The van der Waals surface area contributed by atoms with Gasteiger partial charge in [-0.3, -0.25) is 9.59 Å². The average molecular weight is 266 g/mol. The quantitative estimate of drug-likeness (QED) is 0.851. The Morgan fingerprint density at radius 3 is 2.32 bits per heavy atom. The average Bonchev–Trinajstić information content (AvgIpc) is 2.86. The van der Waals surface area contributed by atoms with Crippen molar-refractivity contribution < 1.29 is 9.59 Å². The van der Waals surface area contributed by atoms with Gasteiger partial charge in [0.2, 0.25) is 11.8 Å². The lowest BCUT2D eigenvalue weighted by Crippen LogP contribution is -2.75. The van der Waals surface area contributed by atoms with E-state index in [-0.39, 0.29) is 17.9 Å². The van der Waals surface area contributed by atoms with E-state index in [9.17, 15) is 9.59 Å². The molecule has 1 saturated heterocycles. The monoisotopic (exact) mass is 266 g/mol. The standard InChI is InChI=1S/C15H26N2O2/c1-5-11(3)17-13(19)15(9-7-8-10-15)16-12(18)14(17,4)6-2/h11H,5-10H2,1-4H3,(H,16,18). The van der Waals surface area contributed by atoms with Gasteiger partial charge in [0, 0.05) is 6.04 Å². The highest BCUT2D eigenvalue weighted by molar-refractivity contribution is 6.02. The zero-order valence-electron chi connectivity index (χ0n) is 12.6. The van der Waals surface area contributed by atoms with E-state index in [0.717, 1.165) is 32.1 Å². The van der Waals surface area contributed by atoms with Crippen LogP contribution in [0.3, 0.4) is 0 Å². The second-order valence-electron chi connectivity index (χ2n) is 6.30. The first-order valence-electron chi connectivity index (χ1n) is 7.57. The summed E-state index contributed by atoms with van der Waals surface area (Å²) in [6.07, 6.45) is 5.19. The van der Waals surface area contributed by atoms with Gasteiger partial charge in [0.1, 0.15) is 11.1 Å². The first kappa shape index (κ1) is 14.4. The van der Waals surface area contributed by atoms with Gasteiger partial charge in [-0.2, -0.15) is 0 Å². The fourth-order valence-corrected chi connectivity index (χ4v) is 3.49. The van der Waals surface area contributed by atoms with Crippen LogP contribution in [0.15, 0.2) is 0 Å². The third kappa shape index (κ3) is 1.96. The normalized spacial score (nSPS) is 31.7. The van der Waals surface area contributed by atoms with Crippen LogP contribution in [-0.4, -0.2) is 33.8 Å². The van der Waals surface area contributed by atoms with Gasteiger partial charge in [-0.1, -0.05) is 26.7 Å². The molecule has 0 aromatic carbocycles. The van der Waals surface area contributed by atoms with Crippen molar-refractivity contribution in [1.82, 2.24) is 10.2 Å². The summed E-state index contributed by atoms with van der Waals surface area (Å²) in [7, 11) is 0. The van der Waals surface area contributed by atoms with Gasteiger partial charge in [-0.25, -0.2) is 0 Å². The molecule has 2 aliphatic rings. The molecule has 1 heterocycles. The SMILES string of the molecule is CCC(C)N1C(=O)C2(CCCC2)NC(=O)C1(C)CC. The molecule has 0 bridgehead atoms. The Labute approximate surface area is 115 Å². The molecule has 108 valence electrons. The van der Waals surface area contributed by atoms with Gasteiger partial charge in [0.25, 0.3) is 0 Å². The molecule has 1 aliphatic heterocycles. The molecule has 4 heteroatoms. The molecular weight excluding hydrogens is 240 g/mol. The molecule has 1 spiro atoms. The number of piperazine rings is 1. The lowest BCUT2D eigenvalue weighted by atomic mass is 9.82. The van der Waals surface area contributed by atoms with Crippen molar-refractivity contribution in [3.05, 3.63) is 0 Å². The zero-order chi connectivity index (χ0) is 14.3.